The second kappa shape index (κ2) is 10.3. The Morgan fingerprint density at radius 3 is 1.67 bits per heavy atom. The summed E-state index contributed by atoms with van der Waals surface area (Å²) in [4.78, 5) is 23.7. The number of nitro benzene ring substituents is 1. The Morgan fingerprint density at radius 2 is 1.21 bits per heavy atom. The molecule has 0 saturated heterocycles. The minimum atomic E-state index is -4.21. The minimum absolute atomic E-state index is 0.104. The summed E-state index contributed by atoms with van der Waals surface area (Å²) in [5.41, 5.74) is -0.104. The van der Waals surface area contributed by atoms with Gasteiger partial charge >= 0.3 is 196 Å². The summed E-state index contributed by atoms with van der Waals surface area (Å²) in [5.74, 6) is -0.282. The number of ether oxygens (including phenoxy) is 1. The van der Waals surface area contributed by atoms with E-state index in [0.717, 1.165) is 10.7 Å². The molecule has 7 heteroatoms. The number of nitrogens with zero attached hydrogens (tertiary/aromatic N) is 1. The Balaban J connectivity index is 1.70. The maximum absolute atomic E-state index is 13.1. The molecule has 4 aromatic rings. The van der Waals surface area contributed by atoms with E-state index >= 15 is 0 Å². The third-order valence-electron chi connectivity index (χ3n) is 5.19. The average molecular weight is 546 g/mol. The predicted molar refractivity (Wildman–Crippen MR) is 129 cm³/mol. The fourth-order valence-corrected chi connectivity index (χ4v) is 14.4. The van der Waals surface area contributed by atoms with Gasteiger partial charge in [0.2, 0.25) is 0 Å². The van der Waals surface area contributed by atoms with E-state index in [-0.39, 0.29) is 18.0 Å². The van der Waals surface area contributed by atoms with Crippen molar-refractivity contribution in [2.75, 3.05) is 6.61 Å². The van der Waals surface area contributed by atoms with Crippen LogP contribution in [0.4, 0.5) is 5.69 Å². The van der Waals surface area contributed by atoms with Gasteiger partial charge in [-0.05, 0) is 0 Å². The zero-order valence-corrected chi connectivity index (χ0v) is 20.5. The maximum atomic E-state index is 13.1. The summed E-state index contributed by atoms with van der Waals surface area (Å²) in [6, 6.07) is 35.2. The van der Waals surface area contributed by atoms with Gasteiger partial charge in [-0.15, -0.1) is 0 Å². The molecule has 0 heterocycles. The van der Waals surface area contributed by atoms with Crippen LogP contribution >= 0.6 is 0 Å². The van der Waals surface area contributed by atoms with Crippen LogP contribution in [-0.4, -0.2) is 36.3 Å². The van der Waals surface area contributed by atoms with Crippen molar-refractivity contribution < 1.29 is 17.5 Å². The molecule has 0 aliphatic rings. The van der Waals surface area contributed by atoms with Crippen molar-refractivity contribution in [2.24, 2.45) is 0 Å². The first-order chi connectivity index (χ1) is 16.1. The Morgan fingerprint density at radius 1 is 0.727 bits per heavy atom. The number of nitro groups is 1. The van der Waals surface area contributed by atoms with Crippen LogP contribution < -0.4 is 15.5 Å². The quantitative estimate of drug-likeness (QED) is 0.193. The second-order valence-corrected chi connectivity index (χ2v) is 16.7. The molecule has 0 saturated carbocycles. The SMILES string of the molecule is O=C(COc1cccc([N+](=O)[O-])c1)[O][Sn]([c]1ccccc1)([c]1ccccc1)[c]1ccccc1. The topological polar surface area (TPSA) is 78.7 Å². The van der Waals surface area contributed by atoms with Gasteiger partial charge in [-0.2, -0.15) is 0 Å². The van der Waals surface area contributed by atoms with Crippen molar-refractivity contribution in [1.29, 1.82) is 0 Å². The molecule has 0 N–H and O–H groups in total. The van der Waals surface area contributed by atoms with E-state index in [1.165, 1.54) is 18.2 Å². The molecule has 0 unspecified atom stereocenters. The third-order valence-corrected chi connectivity index (χ3v) is 16.5. The van der Waals surface area contributed by atoms with Gasteiger partial charge in [0.1, 0.15) is 0 Å². The van der Waals surface area contributed by atoms with Crippen LogP contribution in [0.2, 0.25) is 0 Å². The standard InChI is InChI=1S/C8H7NO5.3C6H5.Sn/c10-8(11)5-14-7-3-1-2-6(4-7)9(12)13;3*1-2-4-6-5-3-1;/h1-4H,5H2,(H,10,11);3*1-5H;/q;;;;+1/p-1. The van der Waals surface area contributed by atoms with Crippen LogP contribution in [0, 0.1) is 10.1 Å². The summed E-state index contributed by atoms with van der Waals surface area (Å²) in [6.45, 7) is -0.355. The van der Waals surface area contributed by atoms with Gasteiger partial charge in [-0.25, -0.2) is 0 Å². The molecule has 6 nitrogen and oxygen atoms in total. The molecule has 0 aliphatic carbocycles. The van der Waals surface area contributed by atoms with Gasteiger partial charge in [0.05, 0.1) is 0 Å². The Hall–Kier alpha value is -3.65. The normalized spacial score (nSPS) is 10.9. The summed E-state index contributed by atoms with van der Waals surface area (Å²) >= 11 is -4.21. The van der Waals surface area contributed by atoms with Crippen LogP contribution in [0.25, 0.3) is 0 Å². The number of carbonyl (C=O) groups is 1. The number of benzene rings is 4. The Labute approximate surface area is 196 Å². The van der Waals surface area contributed by atoms with E-state index in [9.17, 15) is 14.9 Å². The summed E-state index contributed by atoms with van der Waals surface area (Å²) < 4.78 is 15.0. The number of non-ortho nitro benzene ring substituents is 1. The zero-order valence-electron chi connectivity index (χ0n) is 17.7. The van der Waals surface area contributed by atoms with Gasteiger partial charge in [-0.3, -0.25) is 0 Å². The van der Waals surface area contributed by atoms with E-state index < -0.39 is 29.7 Å². The molecule has 4 rings (SSSR count). The molecule has 0 amide bonds. The summed E-state index contributed by atoms with van der Waals surface area (Å²) in [6.07, 6.45) is 0. The number of hydrogen-bond donors (Lipinski definition) is 0. The molecule has 33 heavy (non-hydrogen) atoms. The van der Waals surface area contributed by atoms with Crippen molar-refractivity contribution >= 4 is 41.2 Å². The van der Waals surface area contributed by atoms with E-state index in [1.54, 1.807) is 6.07 Å². The monoisotopic (exact) mass is 547 g/mol. The first kappa shape index (κ1) is 22.5. The van der Waals surface area contributed by atoms with Gasteiger partial charge < -0.3 is 0 Å². The summed E-state index contributed by atoms with van der Waals surface area (Å²) in [7, 11) is 0. The van der Waals surface area contributed by atoms with Crippen LogP contribution in [0.15, 0.2) is 115 Å². The Bertz CT molecular complexity index is 1140. The fraction of sp³-hybridized carbons (Fsp3) is 0.0385. The number of hydrogen-bond acceptors (Lipinski definition) is 5. The van der Waals surface area contributed by atoms with Crippen molar-refractivity contribution in [3.63, 3.8) is 0 Å². The van der Waals surface area contributed by atoms with Crippen LogP contribution in [0.1, 0.15) is 0 Å². The van der Waals surface area contributed by atoms with Gasteiger partial charge in [0.15, 0.2) is 0 Å². The van der Waals surface area contributed by atoms with Gasteiger partial charge in [0, 0.05) is 0 Å². The molecular weight excluding hydrogens is 525 g/mol. The van der Waals surface area contributed by atoms with E-state index in [2.05, 4.69) is 0 Å². The van der Waals surface area contributed by atoms with Crippen LogP contribution in [0.5, 0.6) is 5.75 Å². The number of rotatable bonds is 8. The molecule has 0 radical (unpaired) electrons. The molecule has 0 spiro atoms. The third kappa shape index (κ3) is 5.06. The molecule has 0 atom stereocenters. The molecule has 0 aromatic heterocycles. The van der Waals surface area contributed by atoms with Crippen LogP contribution in [-0.2, 0) is 7.87 Å². The summed E-state index contributed by atoms with van der Waals surface area (Å²) in [5, 5.41) is 11.0. The number of carbonyl (C=O) groups excluding carboxylic acids is 1. The van der Waals surface area contributed by atoms with E-state index in [0.29, 0.717) is 0 Å². The van der Waals surface area contributed by atoms with Crippen LogP contribution in [0.3, 0.4) is 0 Å². The second-order valence-electron chi connectivity index (χ2n) is 7.30. The van der Waals surface area contributed by atoms with E-state index in [1.807, 2.05) is 91.0 Å². The van der Waals surface area contributed by atoms with Gasteiger partial charge in [-0.1, -0.05) is 0 Å². The van der Waals surface area contributed by atoms with Gasteiger partial charge in [0.25, 0.3) is 0 Å². The average Bonchev–Trinajstić information content (AvgIpc) is 2.88. The fourth-order valence-electron chi connectivity index (χ4n) is 3.72. The van der Waals surface area contributed by atoms with Crippen molar-refractivity contribution in [2.45, 2.75) is 0 Å². The van der Waals surface area contributed by atoms with Crippen molar-refractivity contribution in [3.8, 4) is 5.75 Å². The predicted octanol–water partition coefficient (Wildman–Crippen LogP) is 3.18. The first-order valence-electron chi connectivity index (χ1n) is 10.4. The molecular formula is C26H21NO5Sn. The molecule has 4 aromatic carbocycles. The molecule has 0 fully saturated rings. The van der Waals surface area contributed by atoms with Crippen molar-refractivity contribution in [1.82, 2.24) is 0 Å². The van der Waals surface area contributed by atoms with Crippen molar-refractivity contribution in [3.05, 3.63) is 125 Å². The molecule has 0 bridgehead atoms. The van der Waals surface area contributed by atoms with E-state index in [4.69, 9.17) is 7.81 Å². The zero-order chi connectivity index (χ0) is 23.1. The Kier molecular flexibility index (Phi) is 7.04. The first-order valence-corrected chi connectivity index (χ1v) is 15.8. The molecule has 0 aliphatic heterocycles. The molecule has 164 valence electrons.